The Hall–Kier alpha value is -2.00. The lowest BCUT2D eigenvalue weighted by Crippen LogP contribution is -2.33. The maximum absolute atomic E-state index is 12.3. The molecule has 1 atom stereocenters. The molecule has 1 N–H and O–H groups in total. The number of aromatic nitrogens is 3. The van der Waals surface area contributed by atoms with Gasteiger partial charge in [-0.15, -0.1) is 10.2 Å². The predicted octanol–water partition coefficient (Wildman–Crippen LogP) is 1.89. The zero-order valence-corrected chi connectivity index (χ0v) is 16.2. The normalized spacial score (nSPS) is 16.9. The maximum atomic E-state index is 12.3. The van der Waals surface area contributed by atoms with E-state index in [1.165, 1.54) is 0 Å². The molecule has 3 heterocycles. The van der Waals surface area contributed by atoms with E-state index in [1.807, 2.05) is 25.1 Å². The number of rotatable bonds is 8. The molecule has 3 rings (SSSR count). The van der Waals surface area contributed by atoms with Crippen molar-refractivity contribution < 1.29 is 9.59 Å². The zero-order valence-electron chi connectivity index (χ0n) is 14.6. The van der Waals surface area contributed by atoms with Gasteiger partial charge in [0, 0.05) is 31.5 Å². The summed E-state index contributed by atoms with van der Waals surface area (Å²) in [4.78, 5) is 30.4. The van der Waals surface area contributed by atoms with E-state index in [9.17, 15) is 9.59 Å². The number of aryl methyl sites for hydroxylation is 1. The Balaban J connectivity index is 1.36. The summed E-state index contributed by atoms with van der Waals surface area (Å²) >= 11 is 3.23. The molecule has 2 aromatic rings. The maximum Gasteiger partial charge on any atom is 0.225 e. The lowest BCUT2D eigenvalue weighted by atomic mass is 10.1. The van der Waals surface area contributed by atoms with Crippen LogP contribution in [0.1, 0.15) is 23.5 Å². The summed E-state index contributed by atoms with van der Waals surface area (Å²) < 4.78 is 0.959. The van der Waals surface area contributed by atoms with Gasteiger partial charge in [-0.25, -0.2) is 0 Å². The summed E-state index contributed by atoms with van der Waals surface area (Å²) in [5, 5.41) is 11.9. The van der Waals surface area contributed by atoms with E-state index < -0.39 is 0 Å². The van der Waals surface area contributed by atoms with Gasteiger partial charge in [0.25, 0.3) is 0 Å². The Kier molecular flexibility index (Phi) is 6.56. The minimum absolute atomic E-state index is 0.0120. The Bertz CT molecular complexity index is 753. The van der Waals surface area contributed by atoms with Crippen LogP contribution in [0.5, 0.6) is 0 Å². The van der Waals surface area contributed by atoms with E-state index in [0.29, 0.717) is 19.6 Å². The van der Waals surface area contributed by atoms with E-state index in [-0.39, 0.29) is 24.2 Å². The molecular weight excluding hydrogens is 370 g/mol. The summed E-state index contributed by atoms with van der Waals surface area (Å²) in [7, 11) is 0. The molecule has 26 heavy (non-hydrogen) atoms. The van der Waals surface area contributed by atoms with E-state index in [2.05, 4.69) is 20.5 Å². The first-order valence-corrected chi connectivity index (χ1v) is 10.3. The molecule has 0 spiro atoms. The molecule has 2 amide bonds. The minimum atomic E-state index is -0.273. The fraction of sp³-hybridized carbons (Fsp3) is 0.471. The molecule has 0 saturated carbocycles. The highest BCUT2D eigenvalue weighted by Gasteiger charge is 2.34. The monoisotopic (exact) mass is 391 g/mol. The summed E-state index contributed by atoms with van der Waals surface area (Å²) in [5.74, 6) is 0.575. The van der Waals surface area contributed by atoms with Crippen LogP contribution < -0.4 is 5.32 Å². The Morgan fingerprint density at radius 1 is 1.42 bits per heavy atom. The van der Waals surface area contributed by atoms with E-state index in [1.54, 1.807) is 34.2 Å². The van der Waals surface area contributed by atoms with Crippen molar-refractivity contribution in [2.24, 2.45) is 5.92 Å². The van der Waals surface area contributed by atoms with Gasteiger partial charge in [0.15, 0.2) is 4.34 Å². The van der Waals surface area contributed by atoms with Gasteiger partial charge in [0.1, 0.15) is 5.01 Å². The number of hydrogen-bond donors (Lipinski definition) is 1. The van der Waals surface area contributed by atoms with E-state index in [4.69, 9.17) is 0 Å². The Morgan fingerprint density at radius 2 is 2.31 bits per heavy atom. The summed E-state index contributed by atoms with van der Waals surface area (Å²) in [6, 6.07) is 5.63. The molecule has 0 aliphatic carbocycles. The van der Waals surface area contributed by atoms with Crippen LogP contribution in [-0.4, -0.2) is 50.7 Å². The largest absolute Gasteiger partial charge is 0.356 e. The van der Waals surface area contributed by atoms with E-state index in [0.717, 1.165) is 27.2 Å². The molecule has 0 unspecified atom stereocenters. The smallest absolute Gasteiger partial charge is 0.225 e. The minimum Gasteiger partial charge on any atom is -0.356 e. The molecule has 0 aromatic carbocycles. The van der Waals surface area contributed by atoms with Crippen molar-refractivity contribution in [3.8, 4) is 0 Å². The second kappa shape index (κ2) is 9.09. The number of pyridine rings is 1. The van der Waals surface area contributed by atoms with Crippen molar-refractivity contribution in [3.63, 3.8) is 0 Å². The molecule has 1 aliphatic heterocycles. The van der Waals surface area contributed by atoms with E-state index >= 15 is 0 Å². The fourth-order valence-corrected chi connectivity index (χ4v) is 4.54. The van der Waals surface area contributed by atoms with Crippen LogP contribution in [0.15, 0.2) is 28.7 Å². The van der Waals surface area contributed by atoms with Gasteiger partial charge >= 0.3 is 0 Å². The van der Waals surface area contributed by atoms with Crippen LogP contribution in [0, 0.1) is 12.8 Å². The van der Waals surface area contributed by atoms with Crippen molar-refractivity contribution in [1.82, 2.24) is 25.4 Å². The quantitative estimate of drug-likeness (QED) is 0.546. The summed E-state index contributed by atoms with van der Waals surface area (Å²) in [6.45, 7) is 3.46. The third kappa shape index (κ3) is 5.25. The number of nitrogens with zero attached hydrogens (tertiary/aromatic N) is 4. The molecule has 7 nitrogen and oxygen atoms in total. The molecule has 0 radical (unpaired) electrons. The van der Waals surface area contributed by atoms with Crippen molar-refractivity contribution in [2.75, 3.05) is 18.8 Å². The number of thioether (sulfide) groups is 1. The predicted molar refractivity (Wildman–Crippen MR) is 101 cm³/mol. The molecule has 9 heteroatoms. The first kappa shape index (κ1) is 18.8. The van der Waals surface area contributed by atoms with Gasteiger partial charge < -0.3 is 10.2 Å². The van der Waals surface area contributed by atoms with Gasteiger partial charge in [0.05, 0.1) is 18.2 Å². The second-order valence-corrected chi connectivity index (χ2v) is 8.60. The first-order valence-electron chi connectivity index (χ1n) is 8.50. The molecule has 1 fully saturated rings. The number of carbonyl (C=O) groups is 2. The highest BCUT2D eigenvalue weighted by atomic mass is 32.2. The van der Waals surface area contributed by atoms with Crippen LogP contribution in [0.3, 0.4) is 0 Å². The second-order valence-electron chi connectivity index (χ2n) is 6.08. The van der Waals surface area contributed by atoms with Crippen molar-refractivity contribution in [3.05, 3.63) is 35.1 Å². The third-order valence-electron chi connectivity index (χ3n) is 4.02. The SMILES string of the molecule is Cc1nnc(SCCCNC(=O)[C@H]2CC(=O)N(Cc3ccccn3)C2)s1. The molecular formula is C17H21N5O2S2. The average Bonchev–Trinajstić information content (AvgIpc) is 3.21. The average molecular weight is 392 g/mol. The van der Waals surface area contributed by atoms with Crippen LogP contribution in [0.2, 0.25) is 0 Å². The summed E-state index contributed by atoms with van der Waals surface area (Å²) in [6.07, 6.45) is 2.84. The molecule has 1 aliphatic rings. The number of amides is 2. The van der Waals surface area contributed by atoms with Crippen LogP contribution >= 0.6 is 23.1 Å². The highest BCUT2D eigenvalue weighted by molar-refractivity contribution is 8.01. The molecule has 1 saturated heterocycles. The van der Waals surface area contributed by atoms with Gasteiger partial charge in [-0.2, -0.15) is 0 Å². The van der Waals surface area contributed by atoms with Crippen molar-refractivity contribution in [1.29, 1.82) is 0 Å². The standard InChI is InChI=1S/C17H21N5O2S2/c1-12-20-21-17(26-12)25-8-4-7-19-16(24)13-9-15(23)22(10-13)11-14-5-2-3-6-18-14/h2-3,5-6,13H,4,7-11H2,1H3,(H,19,24)/t13-/m0/s1. The molecule has 0 bridgehead atoms. The lowest BCUT2D eigenvalue weighted by Gasteiger charge is -2.16. The summed E-state index contributed by atoms with van der Waals surface area (Å²) in [5.41, 5.74) is 0.839. The Labute approximate surface area is 160 Å². The topological polar surface area (TPSA) is 88.1 Å². The zero-order chi connectivity index (χ0) is 18.4. The first-order chi connectivity index (χ1) is 12.6. The highest BCUT2D eigenvalue weighted by Crippen LogP contribution is 2.22. The van der Waals surface area contributed by atoms with Crippen molar-refractivity contribution >= 4 is 34.9 Å². The van der Waals surface area contributed by atoms with Crippen LogP contribution in [0.25, 0.3) is 0 Å². The number of hydrogen-bond acceptors (Lipinski definition) is 7. The number of carbonyl (C=O) groups excluding carboxylic acids is 2. The number of nitrogens with one attached hydrogen (secondary N) is 1. The molecule has 2 aromatic heterocycles. The van der Waals surface area contributed by atoms with Crippen molar-refractivity contribution in [2.45, 2.75) is 30.6 Å². The van der Waals surface area contributed by atoms with Gasteiger partial charge in [0.2, 0.25) is 11.8 Å². The van der Waals surface area contributed by atoms with Gasteiger partial charge in [-0.1, -0.05) is 29.2 Å². The molecule has 138 valence electrons. The van der Waals surface area contributed by atoms with Gasteiger partial charge in [-0.05, 0) is 25.5 Å². The Morgan fingerprint density at radius 3 is 3.04 bits per heavy atom. The number of likely N-dealkylation sites (tertiary alicyclic amines) is 1. The third-order valence-corrected chi connectivity index (χ3v) is 6.08. The lowest BCUT2D eigenvalue weighted by molar-refractivity contribution is -0.129. The van der Waals surface area contributed by atoms with Gasteiger partial charge in [-0.3, -0.25) is 14.6 Å². The fourth-order valence-electron chi connectivity index (χ4n) is 2.71. The van der Waals surface area contributed by atoms with Crippen LogP contribution in [0.4, 0.5) is 0 Å². The van der Waals surface area contributed by atoms with Crippen LogP contribution in [-0.2, 0) is 16.1 Å².